The summed E-state index contributed by atoms with van der Waals surface area (Å²) in [6, 6.07) is 0. The average molecular weight is 186 g/mol. The van der Waals surface area contributed by atoms with E-state index in [4.69, 9.17) is 12.2 Å². The van der Waals surface area contributed by atoms with Crippen LogP contribution in [0.3, 0.4) is 0 Å². The molecule has 0 heterocycles. The maximum absolute atomic E-state index is 5.07. The largest absolute Gasteiger partial charge is 0.363 e. The van der Waals surface area contributed by atoms with E-state index >= 15 is 0 Å². The van der Waals surface area contributed by atoms with Crippen LogP contribution < -0.4 is 10.6 Å². The number of nitrogens with one attached hydrogen (secondary N) is 2. The maximum atomic E-state index is 5.07. The van der Waals surface area contributed by atoms with Gasteiger partial charge in [0.1, 0.15) is 0 Å². The van der Waals surface area contributed by atoms with Crippen LogP contribution in [0.2, 0.25) is 0 Å². The zero-order valence-electron chi connectivity index (χ0n) is 7.73. The molecule has 3 heteroatoms. The lowest BCUT2D eigenvalue weighted by atomic mass is 10.1. The summed E-state index contributed by atoms with van der Waals surface area (Å²) < 4.78 is 0. The first-order chi connectivity index (χ1) is 5.83. The third kappa shape index (κ3) is 3.39. The molecule has 70 valence electrons. The Bertz CT molecular complexity index is 141. The van der Waals surface area contributed by atoms with Crippen molar-refractivity contribution in [3.63, 3.8) is 0 Å². The van der Waals surface area contributed by atoms with Gasteiger partial charge in [-0.05, 0) is 37.9 Å². The van der Waals surface area contributed by atoms with Crippen molar-refractivity contribution in [2.45, 2.75) is 32.6 Å². The number of thiocarbonyl (C=S) groups is 1. The Kier molecular flexibility index (Phi) is 4.36. The molecule has 0 spiro atoms. The minimum absolute atomic E-state index is 0.810. The average Bonchev–Trinajstić information content (AvgIpc) is 2.53. The highest BCUT2D eigenvalue weighted by molar-refractivity contribution is 7.80. The monoisotopic (exact) mass is 186 g/mol. The molecule has 2 N–H and O–H groups in total. The van der Waals surface area contributed by atoms with Crippen LogP contribution in [0, 0.1) is 5.92 Å². The third-order valence-corrected chi connectivity index (χ3v) is 2.65. The number of rotatable bonds is 3. The van der Waals surface area contributed by atoms with Crippen molar-refractivity contribution in [1.82, 2.24) is 10.6 Å². The van der Waals surface area contributed by atoms with Crippen LogP contribution in [0.25, 0.3) is 0 Å². The maximum Gasteiger partial charge on any atom is 0.166 e. The van der Waals surface area contributed by atoms with Crippen molar-refractivity contribution in [2.24, 2.45) is 5.92 Å². The van der Waals surface area contributed by atoms with Crippen LogP contribution in [0.5, 0.6) is 0 Å². The quantitative estimate of drug-likeness (QED) is 0.656. The van der Waals surface area contributed by atoms with Gasteiger partial charge >= 0.3 is 0 Å². The summed E-state index contributed by atoms with van der Waals surface area (Å²) in [4.78, 5) is 0. The van der Waals surface area contributed by atoms with Crippen molar-refractivity contribution in [1.29, 1.82) is 0 Å². The van der Waals surface area contributed by atoms with E-state index in [1.807, 2.05) is 0 Å². The number of hydrogen-bond acceptors (Lipinski definition) is 1. The first-order valence-corrected chi connectivity index (χ1v) is 5.25. The summed E-state index contributed by atoms with van der Waals surface area (Å²) in [6.45, 7) is 4.03. The molecular weight excluding hydrogens is 168 g/mol. The van der Waals surface area contributed by atoms with E-state index in [0.717, 1.165) is 24.1 Å². The fourth-order valence-corrected chi connectivity index (χ4v) is 1.90. The van der Waals surface area contributed by atoms with Crippen molar-refractivity contribution in [3.05, 3.63) is 0 Å². The second kappa shape index (κ2) is 5.36. The van der Waals surface area contributed by atoms with Crippen LogP contribution in [-0.2, 0) is 0 Å². The van der Waals surface area contributed by atoms with E-state index in [-0.39, 0.29) is 0 Å². The lowest BCUT2D eigenvalue weighted by Crippen LogP contribution is -2.37. The zero-order chi connectivity index (χ0) is 8.81. The van der Waals surface area contributed by atoms with Crippen molar-refractivity contribution in [3.8, 4) is 0 Å². The van der Waals surface area contributed by atoms with Gasteiger partial charge in [0, 0.05) is 13.1 Å². The standard InChI is InChI=1S/C9H18N2S/c1-2-10-9(12)11-7-8-5-3-4-6-8/h8H,2-7H2,1H3,(H2,10,11,12). The van der Waals surface area contributed by atoms with E-state index < -0.39 is 0 Å². The van der Waals surface area contributed by atoms with E-state index in [1.165, 1.54) is 25.7 Å². The molecule has 0 aromatic carbocycles. The molecule has 1 aliphatic rings. The molecule has 12 heavy (non-hydrogen) atoms. The summed E-state index contributed by atoms with van der Waals surface area (Å²) in [6.07, 6.45) is 5.56. The molecule has 1 rings (SSSR count). The SMILES string of the molecule is CCNC(=S)NCC1CCCC1. The molecule has 0 amide bonds. The summed E-state index contributed by atoms with van der Waals surface area (Å²) >= 11 is 5.07. The summed E-state index contributed by atoms with van der Waals surface area (Å²) in [7, 11) is 0. The Morgan fingerprint density at radius 2 is 2.00 bits per heavy atom. The molecule has 0 atom stereocenters. The van der Waals surface area contributed by atoms with Gasteiger partial charge in [-0.3, -0.25) is 0 Å². The van der Waals surface area contributed by atoms with Crippen molar-refractivity contribution < 1.29 is 0 Å². The van der Waals surface area contributed by atoms with E-state index in [9.17, 15) is 0 Å². The van der Waals surface area contributed by atoms with Crippen LogP contribution >= 0.6 is 12.2 Å². The lowest BCUT2D eigenvalue weighted by molar-refractivity contribution is 0.534. The van der Waals surface area contributed by atoms with Gasteiger partial charge in [-0.2, -0.15) is 0 Å². The van der Waals surface area contributed by atoms with Crippen LogP contribution in [0.15, 0.2) is 0 Å². The molecular formula is C9H18N2S. The Labute approximate surface area is 80.1 Å². The van der Waals surface area contributed by atoms with Crippen molar-refractivity contribution >= 4 is 17.3 Å². The minimum atomic E-state index is 0.810. The highest BCUT2D eigenvalue weighted by Gasteiger charge is 2.14. The zero-order valence-corrected chi connectivity index (χ0v) is 8.54. The van der Waals surface area contributed by atoms with E-state index in [1.54, 1.807) is 0 Å². The van der Waals surface area contributed by atoms with E-state index in [2.05, 4.69) is 17.6 Å². The topological polar surface area (TPSA) is 24.1 Å². The highest BCUT2D eigenvalue weighted by atomic mass is 32.1. The molecule has 2 nitrogen and oxygen atoms in total. The summed E-state index contributed by atoms with van der Waals surface area (Å²) in [5.74, 6) is 0.863. The van der Waals surface area contributed by atoms with Crippen LogP contribution in [0.4, 0.5) is 0 Å². The van der Waals surface area contributed by atoms with Crippen LogP contribution in [-0.4, -0.2) is 18.2 Å². The molecule has 0 aliphatic heterocycles. The second-order valence-electron chi connectivity index (χ2n) is 3.39. The Hall–Kier alpha value is -0.310. The van der Waals surface area contributed by atoms with Gasteiger partial charge in [-0.1, -0.05) is 12.8 Å². The van der Waals surface area contributed by atoms with Gasteiger partial charge in [-0.25, -0.2) is 0 Å². The van der Waals surface area contributed by atoms with Gasteiger partial charge in [0.2, 0.25) is 0 Å². The molecule has 1 fully saturated rings. The molecule has 0 unspecified atom stereocenters. The van der Waals surface area contributed by atoms with Gasteiger partial charge in [0.25, 0.3) is 0 Å². The summed E-state index contributed by atoms with van der Waals surface area (Å²) in [5, 5.41) is 7.15. The van der Waals surface area contributed by atoms with Gasteiger partial charge in [0.15, 0.2) is 5.11 Å². The fraction of sp³-hybridized carbons (Fsp3) is 0.889. The normalized spacial score (nSPS) is 17.8. The molecule has 0 saturated heterocycles. The molecule has 1 aliphatic carbocycles. The first-order valence-electron chi connectivity index (χ1n) is 4.84. The lowest BCUT2D eigenvalue weighted by Gasteiger charge is -2.12. The Morgan fingerprint density at radius 1 is 1.33 bits per heavy atom. The Morgan fingerprint density at radius 3 is 2.58 bits per heavy atom. The predicted octanol–water partition coefficient (Wildman–Crippen LogP) is 1.66. The number of hydrogen-bond donors (Lipinski definition) is 2. The third-order valence-electron chi connectivity index (χ3n) is 2.36. The molecule has 0 aromatic heterocycles. The van der Waals surface area contributed by atoms with Crippen molar-refractivity contribution in [2.75, 3.05) is 13.1 Å². The first kappa shape index (κ1) is 9.78. The summed E-state index contributed by atoms with van der Waals surface area (Å²) in [5.41, 5.74) is 0. The van der Waals surface area contributed by atoms with Crippen LogP contribution in [0.1, 0.15) is 32.6 Å². The molecule has 0 aromatic rings. The van der Waals surface area contributed by atoms with Gasteiger partial charge in [-0.15, -0.1) is 0 Å². The molecule has 1 saturated carbocycles. The second-order valence-corrected chi connectivity index (χ2v) is 3.80. The van der Waals surface area contributed by atoms with E-state index in [0.29, 0.717) is 0 Å². The predicted molar refractivity (Wildman–Crippen MR) is 56.2 cm³/mol. The Balaban J connectivity index is 2.03. The molecule has 0 bridgehead atoms. The molecule has 0 radical (unpaired) electrons. The fourth-order valence-electron chi connectivity index (χ4n) is 1.67. The van der Waals surface area contributed by atoms with Gasteiger partial charge in [0.05, 0.1) is 0 Å². The highest BCUT2D eigenvalue weighted by Crippen LogP contribution is 2.23. The minimum Gasteiger partial charge on any atom is -0.363 e. The smallest absolute Gasteiger partial charge is 0.166 e. The van der Waals surface area contributed by atoms with Gasteiger partial charge < -0.3 is 10.6 Å².